The second-order valence-corrected chi connectivity index (χ2v) is 5.00. The predicted octanol–water partition coefficient (Wildman–Crippen LogP) is 1.80. The van der Waals surface area contributed by atoms with Crippen LogP contribution in [0.1, 0.15) is 40.0 Å². The molecule has 1 fully saturated rings. The summed E-state index contributed by atoms with van der Waals surface area (Å²) in [6, 6.07) is 0. The van der Waals surface area contributed by atoms with Gasteiger partial charge < -0.3 is 10.2 Å². The van der Waals surface area contributed by atoms with Crippen molar-refractivity contribution in [3.8, 4) is 0 Å². The molecule has 3 unspecified atom stereocenters. The monoisotopic (exact) mass is 186 g/mol. The summed E-state index contributed by atoms with van der Waals surface area (Å²) in [6.45, 7) is 6.32. The fourth-order valence-electron chi connectivity index (χ4n) is 2.73. The highest BCUT2D eigenvalue weighted by Gasteiger charge is 2.42. The van der Waals surface area contributed by atoms with Gasteiger partial charge in [0, 0.05) is 0 Å². The molecule has 0 aromatic rings. The third-order valence-corrected chi connectivity index (χ3v) is 3.44. The first-order valence-corrected chi connectivity index (χ1v) is 5.33. The van der Waals surface area contributed by atoms with Gasteiger partial charge in [-0.15, -0.1) is 0 Å². The Labute approximate surface area is 81.0 Å². The van der Waals surface area contributed by atoms with Gasteiger partial charge in [0.05, 0.1) is 12.2 Å². The zero-order valence-corrected chi connectivity index (χ0v) is 8.95. The summed E-state index contributed by atoms with van der Waals surface area (Å²) in [7, 11) is 0. The number of aliphatic hydroxyl groups is 2. The van der Waals surface area contributed by atoms with E-state index in [4.69, 9.17) is 0 Å². The van der Waals surface area contributed by atoms with Gasteiger partial charge in [0.15, 0.2) is 0 Å². The molecule has 13 heavy (non-hydrogen) atoms. The van der Waals surface area contributed by atoms with E-state index in [0.29, 0.717) is 11.8 Å². The lowest BCUT2D eigenvalue weighted by molar-refractivity contribution is -0.111. The van der Waals surface area contributed by atoms with Crippen molar-refractivity contribution in [2.45, 2.75) is 45.6 Å². The summed E-state index contributed by atoms with van der Waals surface area (Å²) in [6.07, 6.45) is 2.99. The Bertz CT molecular complexity index is 167. The summed E-state index contributed by atoms with van der Waals surface area (Å²) in [5.41, 5.74) is -0.814. The van der Waals surface area contributed by atoms with Gasteiger partial charge in [-0.2, -0.15) is 0 Å². The lowest BCUT2D eigenvalue weighted by atomic mass is 9.67. The molecule has 0 aromatic heterocycles. The Morgan fingerprint density at radius 2 is 2.00 bits per heavy atom. The summed E-state index contributed by atoms with van der Waals surface area (Å²) < 4.78 is 0. The normalized spacial score (nSPS) is 41.1. The number of rotatable bonds is 2. The molecule has 0 saturated heterocycles. The van der Waals surface area contributed by atoms with E-state index in [2.05, 4.69) is 20.8 Å². The van der Waals surface area contributed by atoms with Crippen LogP contribution in [-0.2, 0) is 0 Å². The quantitative estimate of drug-likeness (QED) is 0.690. The van der Waals surface area contributed by atoms with Crippen LogP contribution in [0.2, 0.25) is 0 Å². The molecule has 2 heteroatoms. The Morgan fingerprint density at radius 1 is 1.38 bits per heavy atom. The lowest BCUT2D eigenvalue weighted by Crippen LogP contribution is -2.48. The Morgan fingerprint density at radius 3 is 2.46 bits per heavy atom. The minimum atomic E-state index is -0.814. The molecule has 78 valence electrons. The Hall–Kier alpha value is -0.0800. The van der Waals surface area contributed by atoms with Crippen LogP contribution < -0.4 is 0 Å². The maximum absolute atomic E-state index is 10.2. The molecule has 3 atom stereocenters. The smallest absolute Gasteiger partial charge is 0.0910 e. The van der Waals surface area contributed by atoms with Crippen LogP contribution in [0.25, 0.3) is 0 Å². The first kappa shape index (κ1) is 11.0. The lowest BCUT2D eigenvalue weighted by Gasteiger charge is -2.43. The van der Waals surface area contributed by atoms with Crippen LogP contribution in [0.15, 0.2) is 0 Å². The molecule has 1 saturated carbocycles. The standard InChI is InChI=1S/C11H22O2/c1-8(2)10-5-4-9(3)6-11(10,13)7-12/h8-10,12-13H,4-7H2,1-3H3. The van der Waals surface area contributed by atoms with Crippen LogP contribution >= 0.6 is 0 Å². The summed E-state index contributed by atoms with van der Waals surface area (Å²) in [5.74, 6) is 1.28. The van der Waals surface area contributed by atoms with Gasteiger partial charge in [-0.05, 0) is 30.6 Å². The van der Waals surface area contributed by atoms with Crippen molar-refractivity contribution in [3.05, 3.63) is 0 Å². The zero-order chi connectivity index (χ0) is 10.1. The molecule has 1 aliphatic rings. The van der Waals surface area contributed by atoms with E-state index >= 15 is 0 Å². The van der Waals surface area contributed by atoms with Crippen molar-refractivity contribution in [2.75, 3.05) is 6.61 Å². The van der Waals surface area contributed by atoms with E-state index in [0.717, 1.165) is 12.8 Å². The summed E-state index contributed by atoms with van der Waals surface area (Å²) in [4.78, 5) is 0. The third-order valence-electron chi connectivity index (χ3n) is 3.44. The van der Waals surface area contributed by atoms with E-state index < -0.39 is 5.60 Å². The summed E-state index contributed by atoms with van der Waals surface area (Å²) >= 11 is 0. The first-order chi connectivity index (χ1) is 5.99. The van der Waals surface area contributed by atoms with E-state index in [1.54, 1.807) is 0 Å². The van der Waals surface area contributed by atoms with Crippen molar-refractivity contribution >= 4 is 0 Å². The van der Waals surface area contributed by atoms with Gasteiger partial charge >= 0.3 is 0 Å². The largest absolute Gasteiger partial charge is 0.393 e. The minimum Gasteiger partial charge on any atom is -0.393 e. The Kier molecular flexibility index (Phi) is 3.36. The average Bonchev–Trinajstić information content (AvgIpc) is 2.03. The topological polar surface area (TPSA) is 40.5 Å². The van der Waals surface area contributed by atoms with E-state index in [9.17, 15) is 10.2 Å². The van der Waals surface area contributed by atoms with Crippen molar-refractivity contribution in [2.24, 2.45) is 17.8 Å². The minimum absolute atomic E-state index is 0.0831. The molecular weight excluding hydrogens is 164 g/mol. The molecule has 0 aromatic carbocycles. The molecule has 2 N–H and O–H groups in total. The van der Waals surface area contributed by atoms with E-state index in [1.165, 1.54) is 6.42 Å². The van der Waals surface area contributed by atoms with Gasteiger partial charge in [-0.1, -0.05) is 27.2 Å². The van der Waals surface area contributed by atoms with E-state index in [1.807, 2.05) is 0 Å². The molecule has 1 rings (SSSR count). The second-order valence-electron chi connectivity index (χ2n) is 5.00. The van der Waals surface area contributed by atoms with E-state index in [-0.39, 0.29) is 12.5 Å². The van der Waals surface area contributed by atoms with Crippen molar-refractivity contribution in [1.29, 1.82) is 0 Å². The highest BCUT2D eigenvalue weighted by molar-refractivity contribution is 4.92. The molecule has 0 radical (unpaired) electrons. The maximum atomic E-state index is 10.2. The molecule has 0 bridgehead atoms. The predicted molar refractivity (Wildman–Crippen MR) is 53.4 cm³/mol. The summed E-state index contributed by atoms with van der Waals surface area (Å²) in [5, 5.41) is 19.5. The second kappa shape index (κ2) is 3.97. The van der Waals surface area contributed by atoms with Crippen LogP contribution in [0.3, 0.4) is 0 Å². The maximum Gasteiger partial charge on any atom is 0.0910 e. The third kappa shape index (κ3) is 2.23. The van der Waals surface area contributed by atoms with Crippen LogP contribution in [0.4, 0.5) is 0 Å². The highest BCUT2D eigenvalue weighted by atomic mass is 16.3. The van der Waals surface area contributed by atoms with Gasteiger partial charge in [-0.25, -0.2) is 0 Å². The zero-order valence-electron chi connectivity index (χ0n) is 8.95. The number of hydrogen-bond acceptors (Lipinski definition) is 2. The van der Waals surface area contributed by atoms with Crippen LogP contribution in [-0.4, -0.2) is 22.4 Å². The van der Waals surface area contributed by atoms with Gasteiger partial charge in [0.25, 0.3) is 0 Å². The molecule has 0 amide bonds. The van der Waals surface area contributed by atoms with Crippen LogP contribution in [0.5, 0.6) is 0 Å². The molecule has 1 aliphatic carbocycles. The van der Waals surface area contributed by atoms with Crippen molar-refractivity contribution < 1.29 is 10.2 Å². The number of hydrogen-bond donors (Lipinski definition) is 2. The van der Waals surface area contributed by atoms with Crippen LogP contribution in [0, 0.1) is 17.8 Å². The fraction of sp³-hybridized carbons (Fsp3) is 1.00. The fourth-order valence-corrected chi connectivity index (χ4v) is 2.73. The van der Waals surface area contributed by atoms with Gasteiger partial charge in [0.1, 0.15) is 0 Å². The van der Waals surface area contributed by atoms with Crippen molar-refractivity contribution in [3.63, 3.8) is 0 Å². The molecule has 0 aliphatic heterocycles. The molecule has 2 nitrogen and oxygen atoms in total. The van der Waals surface area contributed by atoms with Crippen molar-refractivity contribution in [1.82, 2.24) is 0 Å². The average molecular weight is 186 g/mol. The molecule has 0 spiro atoms. The molecular formula is C11H22O2. The first-order valence-electron chi connectivity index (χ1n) is 5.33. The van der Waals surface area contributed by atoms with Gasteiger partial charge in [-0.3, -0.25) is 0 Å². The highest BCUT2D eigenvalue weighted by Crippen LogP contribution is 2.40. The SMILES string of the molecule is CC1CCC(C(C)C)C(O)(CO)C1. The Balaban J connectivity index is 2.72. The molecule has 0 heterocycles. The number of aliphatic hydroxyl groups excluding tert-OH is 1. The van der Waals surface area contributed by atoms with Gasteiger partial charge in [0.2, 0.25) is 0 Å².